The Hall–Kier alpha value is -0.410. The average Bonchev–Trinajstić information content (AvgIpc) is 2.61. The van der Waals surface area contributed by atoms with Gasteiger partial charge < -0.3 is 10.1 Å². The summed E-state index contributed by atoms with van der Waals surface area (Å²) >= 11 is 3.71. The summed E-state index contributed by atoms with van der Waals surface area (Å²) in [5, 5.41) is 8.34. The quantitative estimate of drug-likeness (QED) is 0.683. The third kappa shape index (κ3) is 2.15. The van der Waals surface area contributed by atoms with Crippen molar-refractivity contribution < 1.29 is 4.74 Å². The number of methoxy groups -OCH3 is 1. The van der Waals surface area contributed by atoms with Crippen LogP contribution in [0, 0.1) is 3.70 Å². The summed E-state index contributed by atoms with van der Waals surface area (Å²) in [7, 11) is 1.68. The normalized spacial score (nSPS) is 11.0. The molecule has 14 heavy (non-hydrogen) atoms. The highest BCUT2D eigenvalue weighted by Crippen LogP contribution is 2.19. The standard InChI is InChI=1S/C7H9IN4OS/c1-13-3-2-9-6-11-12-4-5(8)10-7(12)14-6/h4H,2-3H2,1H3,(H,9,11). The van der Waals surface area contributed by atoms with Crippen LogP contribution in [0.25, 0.3) is 4.96 Å². The van der Waals surface area contributed by atoms with E-state index in [4.69, 9.17) is 4.74 Å². The van der Waals surface area contributed by atoms with Gasteiger partial charge in [-0.25, -0.2) is 9.50 Å². The molecule has 5 nitrogen and oxygen atoms in total. The summed E-state index contributed by atoms with van der Waals surface area (Å²) < 4.78 is 7.67. The molecule has 0 amide bonds. The molecule has 1 N–H and O–H groups in total. The van der Waals surface area contributed by atoms with Gasteiger partial charge in [-0.2, -0.15) is 0 Å². The monoisotopic (exact) mass is 324 g/mol. The van der Waals surface area contributed by atoms with Crippen LogP contribution in [-0.2, 0) is 4.74 Å². The molecular formula is C7H9IN4OS. The molecule has 0 aromatic carbocycles. The predicted octanol–water partition coefficient (Wildman–Crippen LogP) is 1.45. The molecule has 0 aliphatic rings. The highest BCUT2D eigenvalue weighted by atomic mass is 127. The maximum Gasteiger partial charge on any atom is 0.214 e. The summed E-state index contributed by atoms with van der Waals surface area (Å²) in [6, 6.07) is 0. The molecule has 0 saturated carbocycles. The Morgan fingerprint density at radius 1 is 1.71 bits per heavy atom. The molecule has 2 rings (SSSR count). The number of ether oxygens (including phenoxy) is 1. The van der Waals surface area contributed by atoms with Crippen molar-refractivity contribution in [2.45, 2.75) is 0 Å². The van der Waals surface area contributed by atoms with Crippen molar-refractivity contribution in [2.24, 2.45) is 0 Å². The number of rotatable bonds is 4. The smallest absolute Gasteiger partial charge is 0.214 e. The van der Waals surface area contributed by atoms with Crippen molar-refractivity contribution in [3.8, 4) is 0 Å². The highest BCUT2D eigenvalue weighted by Gasteiger charge is 2.05. The summed E-state index contributed by atoms with van der Waals surface area (Å²) in [5.41, 5.74) is 0. The van der Waals surface area contributed by atoms with Crippen LogP contribution in [0.4, 0.5) is 5.13 Å². The van der Waals surface area contributed by atoms with Crippen LogP contribution in [0.2, 0.25) is 0 Å². The van der Waals surface area contributed by atoms with Gasteiger partial charge in [-0.3, -0.25) is 0 Å². The molecule has 0 unspecified atom stereocenters. The Morgan fingerprint density at radius 2 is 2.57 bits per heavy atom. The van der Waals surface area contributed by atoms with Crippen LogP contribution in [-0.4, -0.2) is 34.9 Å². The number of hydrogen-bond acceptors (Lipinski definition) is 5. The van der Waals surface area contributed by atoms with Gasteiger partial charge in [0.2, 0.25) is 10.1 Å². The molecule has 0 bridgehead atoms. The van der Waals surface area contributed by atoms with Crippen molar-refractivity contribution in [3.63, 3.8) is 0 Å². The van der Waals surface area contributed by atoms with Crippen LogP contribution >= 0.6 is 33.9 Å². The first-order chi connectivity index (χ1) is 6.79. The second-order valence-electron chi connectivity index (χ2n) is 2.62. The third-order valence-corrected chi connectivity index (χ3v) is 3.00. The topological polar surface area (TPSA) is 51.5 Å². The Labute approximate surface area is 98.6 Å². The fourth-order valence-electron chi connectivity index (χ4n) is 1.01. The predicted molar refractivity (Wildman–Crippen MR) is 63.9 cm³/mol. The van der Waals surface area contributed by atoms with Gasteiger partial charge in [0.25, 0.3) is 0 Å². The van der Waals surface area contributed by atoms with Crippen molar-refractivity contribution in [1.82, 2.24) is 14.6 Å². The van der Waals surface area contributed by atoms with E-state index in [1.54, 1.807) is 11.6 Å². The summed E-state index contributed by atoms with van der Waals surface area (Å²) in [6.07, 6.45) is 1.90. The van der Waals surface area contributed by atoms with Gasteiger partial charge in [0.15, 0.2) is 0 Å². The van der Waals surface area contributed by atoms with E-state index in [0.717, 1.165) is 20.3 Å². The second kappa shape index (κ2) is 4.41. The van der Waals surface area contributed by atoms with Crippen LogP contribution in [0.3, 0.4) is 0 Å². The van der Waals surface area contributed by atoms with Gasteiger partial charge >= 0.3 is 0 Å². The summed E-state index contributed by atoms with van der Waals surface area (Å²) in [5.74, 6) is 0. The second-order valence-corrected chi connectivity index (χ2v) is 4.68. The van der Waals surface area contributed by atoms with Crippen LogP contribution in [0.1, 0.15) is 0 Å². The lowest BCUT2D eigenvalue weighted by Gasteiger charge is -1.98. The van der Waals surface area contributed by atoms with Crippen molar-refractivity contribution in [3.05, 3.63) is 9.90 Å². The molecule has 0 atom stereocenters. The summed E-state index contributed by atoms with van der Waals surface area (Å²) in [6.45, 7) is 1.45. The van der Waals surface area contributed by atoms with Gasteiger partial charge in [-0.05, 0) is 22.6 Å². The van der Waals surface area contributed by atoms with Gasteiger partial charge in [-0.1, -0.05) is 11.3 Å². The number of imidazole rings is 1. The number of hydrogen-bond donors (Lipinski definition) is 1. The molecule has 2 aromatic rings. The minimum Gasteiger partial charge on any atom is -0.383 e. The zero-order valence-electron chi connectivity index (χ0n) is 7.53. The van der Waals surface area contributed by atoms with E-state index in [-0.39, 0.29) is 0 Å². The molecule has 7 heteroatoms. The molecule has 2 heterocycles. The minimum absolute atomic E-state index is 0.680. The van der Waals surface area contributed by atoms with E-state index in [1.807, 2.05) is 6.20 Å². The Morgan fingerprint density at radius 3 is 3.29 bits per heavy atom. The maximum absolute atomic E-state index is 4.93. The lowest BCUT2D eigenvalue weighted by atomic mass is 10.7. The number of fused-ring (bicyclic) bond motifs is 1. The molecule has 0 saturated heterocycles. The fourth-order valence-corrected chi connectivity index (χ4v) is 2.47. The highest BCUT2D eigenvalue weighted by molar-refractivity contribution is 14.1. The van der Waals surface area contributed by atoms with E-state index in [9.17, 15) is 0 Å². The van der Waals surface area contributed by atoms with E-state index in [2.05, 4.69) is 38.0 Å². The maximum atomic E-state index is 4.93. The molecule has 0 fully saturated rings. The minimum atomic E-state index is 0.680. The van der Waals surface area contributed by atoms with Gasteiger partial charge in [0, 0.05) is 13.7 Å². The van der Waals surface area contributed by atoms with E-state index < -0.39 is 0 Å². The zero-order valence-corrected chi connectivity index (χ0v) is 10.5. The van der Waals surface area contributed by atoms with Crippen LogP contribution in [0.15, 0.2) is 6.20 Å². The zero-order chi connectivity index (χ0) is 9.97. The molecule has 2 aromatic heterocycles. The third-order valence-electron chi connectivity index (χ3n) is 1.60. The molecule has 0 aliphatic heterocycles. The first-order valence-electron chi connectivity index (χ1n) is 4.04. The van der Waals surface area contributed by atoms with E-state index in [0.29, 0.717) is 6.61 Å². The van der Waals surface area contributed by atoms with Crippen molar-refractivity contribution in [2.75, 3.05) is 25.6 Å². The summed E-state index contributed by atoms with van der Waals surface area (Å²) in [4.78, 5) is 5.21. The lowest BCUT2D eigenvalue weighted by molar-refractivity contribution is 0.210. The molecule has 76 valence electrons. The van der Waals surface area contributed by atoms with E-state index in [1.165, 1.54) is 11.3 Å². The van der Waals surface area contributed by atoms with Crippen LogP contribution < -0.4 is 5.32 Å². The van der Waals surface area contributed by atoms with E-state index >= 15 is 0 Å². The molecule has 0 aliphatic carbocycles. The lowest BCUT2D eigenvalue weighted by Crippen LogP contribution is -2.07. The fraction of sp³-hybridized carbons (Fsp3) is 0.429. The number of nitrogens with zero attached hydrogens (tertiary/aromatic N) is 3. The number of halogens is 1. The Bertz CT molecular complexity index is 395. The largest absolute Gasteiger partial charge is 0.383 e. The molecular weight excluding hydrogens is 315 g/mol. The van der Waals surface area contributed by atoms with Gasteiger partial charge in [0.1, 0.15) is 3.70 Å². The number of aromatic nitrogens is 3. The van der Waals surface area contributed by atoms with Crippen molar-refractivity contribution >= 4 is 44.0 Å². The number of anilines is 1. The SMILES string of the molecule is COCCNc1nn2cc(I)nc2s1. The van der Waals surface area contributed by atoms with Crippen molar-refractivity contribution in [1.29, 1.82) is 0 Å². The Balaban J connectivity index is 2.08. The first kappa shape index (κ1) is 10.1. The average molecular weight is 324 g/mol. The number of nitrogens with one attached hydrogen (secondary N) is 1. The first-order valence-corrected chi connectivity index (χ1v) is 5.93. The molecule has 0 radical (unpaired) electrons. The van der Waals surface area contributed by atoms with Gasteiger partial charge in [0.05, 0.1) is 12.8 Å². The van der Waals surface area contributed by atoms with Gasteiger partial charge in [-0.15, -0.1) is 5.10 Å². The molecule has 0 spiro atoms. The van der Waals surface area contributed by atoms with Crippen LogP contribution in [0.5, 0.6) is 0 Å². The Kier molecular flexibility index (Phi) is 3.19.